The number of likely N-dealkylation sites (N-methyl/N-ethyl adjacent to an activating group) is 1. The lowest BCUT2D eigenvalue weighted by Crippen LogP contribution is -2.50. The summed E-state index contributed by atoms with van der Waals surface area (Å²) in [5.74, 6) is -1.27. The molecule has 0 aromatic heterocycles. The smallest absolute Gasteiger partial charge is 0.319 e. The number of ether oxygens (including phenoxy) is 1. The molecule has 28 heavy (non-hydrogen) atoms. The van der Waals surface area contributed by atoms with Gasteiger partial charge in [0, 0.05) is 28.4 Å². The van der Waals surface area contributed by atoms with Crippen LogP contribution in [0.4, 0.5) is 19.3 Å². The van der Waals surface area contributed by atoms with Crippen LogP contribution in [-0.4, -0.2) is 37.7 Å². The molecule has 2 unspecified atom stereocenters. The minimum Gasteiger partial charge on any atom is -0.497 e. The lowest BCUT2D eigenvalue weighted by atomic mass is 9.90. The zero-order valence-corrected chi connectivity index (χ0v) is 16.4. The van der Waals surface area contributed by atoms with Crippen molar-refractivity contribution in [2.75, 3.05) is 26.0 Å². The number of anilines is 1. The fourth-order valence-electron chi connectivity index (χ4n) is 3.57. The average molecular weight is 410 g/mol. The van der Waals surface area contributed by atoms with Crippen molar-refractivity contribution in [3.05, 3.63) is 58.6 Å². The molecule has 1 heterocycles. The van der Waals surface area contributed by atoms with Crippen LogP contribution in [0.5, 0.6) is 5.75 Å². The Kier molecular flexibility index (Phi) is 6.36. The number of methoxy groups -OCH3 is 1. The summed E-state index contributed by atoms with van der Waals surface area (Å²) in [6, 6.07) is 7.47. The highest BCUT2D eigenvalue weighted by Crippen LogP contribution is 2.35. The minimum atomic E-state index is -0.694. The van der Waals surface area contributed by atoms with Gasteiger partial charge in [-0.3, -0.25) is 4.90 Å². The van der Waals surface area contributed by atoms with E-state index in [2.05, 4.69) is 10.6 Å². The molecule has 0 bridgehead atoms. The SMILES string of the molecule is COc1cc(F)c(C2C(NC(=O)Nc3ccc(Cl)cc3)CCCN2C)c(F)c1. The van der Waals surface area contributed by atoms with Gasteiger partial charge in [0.2, 0.25) is 0 Å². The molecule has 0 spiro atoms. The van der Waals surface area contributed by atoms with Crippen LogP contribution in [0.3, 0.4) is 0 Å². The molecule has 0 radical (unpaired) electrons. The maximum Gasteiger partial charge on any atom is 0.319 e. The van der Waals surface area contributed by atoms with Gasteiger partial charge in [-0.25, -0.2) is 13.6 Å². The Morgan fingerprint density at radius 1 is 1.21 bits per heavy atom. The number of likely N-dealkylation sites (tertiary alicyclic amines) is 1. The van der Waals surface area contributed by atoms with E-state index >= 15 is 0 Å². The van der Waals surface area contributed by atoms with Crippen LogP contribution < -0.4 is 15.4 Å². The molecule has 2 aromatic rings. The number of hydrogen-bond donors (Lipinski definition) is 2. The maximum absolute atomic E-state index is 14.7. The number of rotatable bonds is 4. The molecule has 3 rings (SSSR count). The monoisotopic (exact) mass is 409 g/mol. The van der Waals surface area contributed by atoms with Crippen LogP contribution in [0, 0.1) is 11.6 Å². The van der Waals surface area contributed by atoms with E-state index in [0.717, 1.165) is 18.6 Å². The van der Waals surface area contributed by atoms with Gasteiger partial charge in [0.25, 0.3) is 0 Å². The number of amides is 2. The van der Waals surface area contributed by atoms with Crippen molar-refractivity contribution in [2.45, 2.75) is 24.9 Å². The van der Waals surface area contributed by atoms with Gasteiger partial charge in [-0.1, -0.05) is 11.6 Å². The Labute approximate surface area is 167 Å². The topological polar surface area (TPSA) is 53.6 Å². The summed E-state index contributed by atoms with van der Waals surface area (Å²) in [6.45, 7) is 0.673. The molecule has 5 nitrogen and oxygen atoms in total. The molecule has 8 heteroatoms. The highest BCUT2D eigenvalue weighted by atomic mass is 35.5. The van der Waals surface area contributed by atoms with Gasteiger partial charge in [-0.05, 0) is 50.7 Å². The zero-order chi connectivity index (χ0) is 20.3. The van der Waals surface area contributed by atoms with Crippen molar-refractivity contribution in [3.8, 4) is 5.75 Å². The summed E-state index contributed by atoms with van der Waals surface area (Å²) in [5.41, 5.74) is 0.504. The van der Waals surface area contributed by atoms with E-state index in [1.54, 1.807) is 31.3 Å². The first kappa shape index (κ1) is 20.4. The Morgan fingerprint density at radius 3 is 2.46 bits per heavy atom. The number of halogens is 3. The predicted octanol–water partition coefficient (Wildman–Crippen LogP) is 4.58. The predicted molar refractivity (Wildman–Crippen MR) is 105 cm³/mol. The first-order valence-electron chi connectivity index (χ1n) is 8.95. The zero-order valence-electron chi connectivity index (χ0n) is 15.6. The molecule has 0 saturated carbocycles. The maximum atomic E-state index is 14.7. The van der Waals surface area contributed by atoms with Crippen LogP contribution >= 0.6 is 11.6 Å². The van der Waals surface area contributed by atoms with Crippen molar-refractivity contribution < 1.29 is 18.3 Å². The third kappa shape index (κ3) is 4.54. The fraction of sp³-hybridized carbons (Fsp3) is 0.350. The Balaban J connectivity index is 1.81. The van der Waals surface area contributed by atoms with Gasteiger partial charge in [-0.15, -0.1) is 0 Å². The van der Waals surface area contributed by atoms with Crippen molar-refractivity contribution in [1.29, 1.82) is 0 Å². The van der Waals surface area contributed by atoms with Crippen molar-refractivity contribution in [3.63, 3.8) is 0 Å². The summed E-state index contributed by atoms with van der Waals surface area (Å²) < 4.78 is 34.3. The molecule has 0 aliphatic carbocycles. The van der Waals surface area contributed by atoms with E-state index in [1.807, 2.05) is 4.90 Å². The number of carbonyl (C=O) groups excluding carboxylic acids is 1. The first-order chi connectivity index (χ1) is 13.4. The Bertz CT molecular complexity index is 825. The Morgan fingerprint density at radius 2 is 1.86 bits per heavy atom. The lowest BCUT2D eigenvalue weighted by Gasteiger charge is -2.40. The molecule has 150 valence electrons. The molecule has 2 amide bonds. The summed E-state index contributed by atoms with van der Waals surface area (Å²) in [7, 11) is 3.14. The quantitative estimate of drug-likeness (QED) is 0.776. The first-order valence-corrected chi connectivity index (χ1v) is 9.33. The molecule has 1 fully saturated rings. The van der Waals surface area contributed by atoms with E-state index in [4.69, 9.17) is 16.3 Å². The molecular weight excluding hydrogens is 388 g/mol. The number of benzene rings is 2. The number of hydrogen-bond acceptors (Lipinski definition) is 3. The molecule has 2 atom stereocenters. The van der Waals surface area contributed by atoms with E-state index in [0.29, 0.717) is 23.7 Å². The normalized spacial score (nSPS) is 19.9. The number of piperidine rings is 1. The highest BCUT2D eigenvalue weighted by molar-refractivity contribution is 6.30. The van der Waals surface area contributed by atoms with E-state index < -0.39 is 29.7 Å². The summed E-state index contributed by atoms with van der Waals surface area (Å²) in [5, 5.41) is 6.13. The summed E-state index contributed by atoms with van der Waals surface area (Å²) in [6.07, 6.45) is 1.41. The van der Waals surface area contributed by atoms with E-state index in [9.17, 15) is 13.6 Å². The molecule has 2 aromatic carbocycles. The number of urea groups is 1. The standard InChI is InChI=1S/C20H22ClF2N3O2/c1-26-9-3-4-17(25-20(27)24-13-7-5-12(21)6-8-13)19(26)18-15(22)10-14(28-2)11-16(18)23/h5-8,10-11,17,19H,3-4,9H2,1-2H3,(H2,24,25,27). The molecule has 2 N–H and O–H groups in total. The van der Waals surface area contributed by atoms with Gasteiger partial charge in [0.05, 0.1) is 19.2 Å². The van der Waals surface area contributed by atoms with Crippen molar-refractivity contribution in [1.82, 2.24) is 10.2 Å². The second kappa shape index (κ2) is 8.75. The third-order valence-corrected chi connectivity index (χ3v) is 5.14. The van der Waals surface area contributed by atoms with Crippen LogP contribution in [0.1, 0.15) is 24.4 Å². The third-order valence-electron chi connectivity index (χ3n) is 4.88. The van der Waals surface area contributed by atoms with Crippen molar-refractivity contribution >= 4 is 23.3 Å². The molecular formula is C20H22ClF2N3O2. The van der Waals surface area contributed by atoms with E-state index in [1.165, 1.54) is 7.11 Å². The van der Waals surface area contributed by atoms with Gasteiger partial charge >= 0.3 is 6.03 Å². The van der Waals surface area contributed by atoms with Gasteiger partial charge < -0.3 is 15.4 Å². The van der Waals surface area contributed by atoms with Gasteiger partial charge in [0.1, 0.15) is 17.4 Å². The van der Waals surface area contributed by atoms with E-state index in [-0.39, 0.29) is 11.3 Å². The summed E-state index contributed by atoms with van der Waals surface area (Å²) in [4.78, 5) is 14.3. The second-order valence-corrected chi connectivity index (χ2v) is 7.22. The van der Waals surface area contributed by atoms with Crippen LogP contribution in [-0.2, 0) is 0 Å². The molecule has 1 aliphatic heterocycles. The van der Waals surface area contributed by atoms with Crippen LogP contribution in [0.15, 0.2) is 36.4 Å². The minimum absolute atomic E-state index is 0.0696. The summed E-state index contributed by atoms with van der Waals surface area (Å²) >= 11 is 5.84. The van der Waals surface area contributed by atoms with Crippen molar-refractivity contribution in [2.24, 2.45) is 0 Å². The fourth-order valence-corrected chi connectivity index (χ4v) is 3.69. The van der Waals surface area contributed by atoms with Gasteiger partial charge in [-0.2, -0.15) is 0 Å². The molecule has 1 aliphatic rings. The molecule has 1 saturated heterocycles. The van der Waals surface area contributed by atoms with Crippen LogP contribution in [0.2, 0.25) is 5.02 Å². The van der Waals surface area contributed by atoms with Crippen LogP contribution in [0.25, 0.3) is 0 Å². The number of nitrogens with zero attached hydrogens (tertiary/aromatic N) is 1. The van der Waals surface area contributed by atoms with Gasteiger partial charge in [0.15, 0.2) is 0 Å². The average Bonchev–Trinajstić information content (AvgIpc) is 2.65. The largest absolute Gasteiger partial charge is 0.497 e. The second-order valence-electron chi connectivity index (χ2n) is 6.78. The number of carbonyl (C=O) groups is 1. The number of nitrogens with one attached hydrogen (secondary N) is 2. The lowest BCUT2D eigenvalue weighted by molar-refractivity contribution is 0.139. The Hall–Kier alpha value is -2.38. The highest BCUT2D eigenvalue weighted by Gasteiger charge is 2.35.